The molecule has 5 rings (SSSR count). The van der Waals surface area contributed by atoms with Crippen molar-refractivity contribution >= 4 is 66.4 Å². The minimum absolute atomic E-state index is 0.105. The second-order valence-corrected chi connectivity index (χ2v) is 9.22. The highest BCUT2D eigenvalue weighted by Gasteiger charge is 2.22. The topological polar surface area (TPSA) is 85.6 Å². The Kier molecular flexibility index (Phi) is 5.29. The zero-order chi connectivity index (χ0) is 21.4. The Morgan fingerprint density at radius 1 is 1.10 bits per heavy atom. The van der Waals surface area contributed by atoms with E-state index < -0.39 is 0 Å². The molecule has 31 heavy (non-hydrogen) atoms. The van der Waals surface area contributed by atoms with Gasteiger partial charge in [-0.15, -0.1) is 10.2 Å². The van der Waals surface area contributed by atoms with E-state index in [1.807, 2.05) is 49.4 Å². The summed E-state index contributed by atoms with van der Waals surface area (Å²) in [5.74, 6) is -0.105. The van der Waals surface area contributed by atoms with Gasteiger partial charge in [0.1, 0.15) is 5.52 Å². The van der Waals surface area contributed by atoms with Crippen molar-refractivity contribution in [3.63, 3.8) is 0 Å². The van der Waals surface area contributed by atoms with Crippen molar-refractivity contribution < 1.29 is 4.79 Å². The molecule has 0 unspecified atom stereocenters. The lowest BCUT2D eigenvalue weighted by molar-refractivity contribution is -0.115. The summed E-state index contributed by atoms with van der Waals surface area (Å²) in [4.78, 5) is 22.2. The van der Waals surface area contributed by atoms with E-state index in [9.17, 15) is 4.79 Å². The summed E-state index contributed by atoms with van der Waals surface area (Å²) in [5.41, 5.74) is 3.55. The van der Waals surface area contributed by atoms with E-state index in [0.717, 1.165) is 38.8 Å². The Balaban J connectivity index is 1.41. The van der Waals surface area contributed by atoms with Crippen molar-refractivity contribution in [2.45, 2.75) is 37.2 Å². The highest BCUT2D eigenvalue weighted by Crippen LogP contribution is 2.30. The van der Waals surface area contributed by atoms with Crippen LogP contribution in [0.2, 0.25) is 0 Å². The number of carbonyl (C=O) groups is 1. The molecule has 0 spiro atoms. The molecule has 1 amide bonds. The first-order valence-electron chi connectivity index (χ1n) is 10.1. The fourth-order valence-corrected chi connectivity index (χ4v) is 5.30. The van der Waals surface area contributed by atoms with Gasteiger partial charge in [0.25, 0.3) is 0 Å². The Morgan fingerprint density at radius 3 is 2.71 bits per heavy atom. The molecule has 5 aromatic rings. The second-order valence-electron chi connectivity index (χ2n) is 7.02. The molecule has 9 heteroatoms. The summed E-state index contributed by atoms with van der Waals surface area (Å²) in [6.07, 6.45) is 0.638. The minimum Gasteiger partial charge on any atom is -0.324 e. The standard InChI is InChI=1S/C22H20N6OS2/c1-3-16(20(29)25-21-23-14-10-6-8-12-17(14)31-21)30-22-24-19-18(26-27-22)13-9-5-7-11-15(13)28(19)4-2/h5-12,16H,3-4H2,1-2H3,(H,23,25,29)/t16-/m1/s1. The fraction of sp³-hybridized carbons (Fsp3) is 0.227. The van der Waals surface area contributed by atoms with Crippen molar-refractivity contribution in [2.24, 2.45) is 0 Å². The van der Waals surface area contributed by atoms with Crippen LogP contribution in [0.3, 0.4) is 0 Å². The van der Waals surface area contributed by atoms with E-state index in [1.54, 1.807) is 0 Å². The largest absolute Gasteiger partial charge is 0.324 e. The maximum Gasteiger partial charge on any atom is 0.239 e. The fourth-order valence-electron chi connectivity index (χ4n) is 3.62. The number of nitrogens with one attached hydrogen (secondary N) is 1. The van der Waals surface area contributed by atoms with Crippen LogP contribution in [0.1, 0.15) is 20.3 Å². The van der Waals surface area contributed by atoms with Crippen LogP contribution in [0.15, 0.2) is 53.7 Å². The molecule has 0 aliphatic carbocycles. The number of carbonyl (C=O) groups excluding carboxylic acids is 1. The number of aromatic nitrogens is 5. The SMILES string of the molecule is CC[C@@H](Sc1nnc2c3ccccc3n(CC)c2n1)C(=O)Nc1nc2ccccc2s1. The van der Waals surface area contributed by atoms with Gasteiger partial charge in [-0.2, -0.15) is 0 Å². The molecule has 0 aliphatic heterocycles. The smallest absolute Gasteiger partial charge is 0.239 e. The highest BCUT2D eigenvalue weighted by atomic mass is 32.2. The van der Waals surface area contributed by atoms with E-state index in [1.165, 1.54) is 23.1 Å². The normalized spacial score (nSPS) is 12.6. The molecule has 3 heterocycles. The number of rotatable bonds is 6. The molecule has 1 N–H and O–H groups in total. The van der Waals surface area contributed by atoms with Gasteiger partial charge in [-0.3, -0.25) is 4.79 Å². The van der Waals surface area contributed by atoms with Gasteiger partial charge in [-0.05, 0) is 31.5 Å². The van der Waals surface area contributed by atoms with E-state index in [0.29, 0.717) is 16.7 Å². The molecule has 0 bridgehead atoms. The van der Waals surface area contributed by atoms with Gasteiger partial charge >= 0.3 is 0 Å². The molecule has 7 nitrogen and oxygen atoms in total. The third-order valence-electron chi connectivity index (χ3n) is 5.11. The zero-order valence-corrected chi connectivity index (χ0v) is 18.7. The van der Waals surface area contributed by atoms with Gasteiger partial charge in [0.05, 0.1) is 21.0 Å². The van der Waals surface area contributed by atoms with Crippen LogP contribution < -0.4 is 5.32 Å². The van der Waals surface area contributed by atoms with Gasteiger partial charge in [0.2, 0.25) is 11.1 Å². The van der Waals surface area contributed by atoms with Crippen LogP contribution in [0.5, 0.6) is 0 Å². The maximum absolute atomic E-state index is 12.9. The lowest BCUT2D eigenvalue weighted by Gasteiger charge is -2.12. The lowest BCUT2D eigenvalue weighted by Crippen LogP contribution is -2.24. The Labute approximate surface area is 186 Å². The predicted octanol–water partition coefficient (Wildman–Crippen LogP) is 5.12. The van der Waals surface area contributed by atoms with Crippen LogP contribution >= 0.6 is 23.1 Å². The number of thioether (sulfide) groups is 1. The van der Waals surface area contributed by atoms with E-state index >= 15 is 0 Å². The van der Waals surface area contributed by atoms with Crippen molar-refractivity contribution in [2.75, 3.05) is 5.32 Å². The number of nitrogens with zero attached hydrogens (tertiary/aromatic N) is 5. The van der Waals surface area contributed by atoms with Gasteiger partial charge < -0.3 is 9.88 Å². The number of fused-ring (bicyclic) bond motifs is 4. The van der Waals surface area contributed by atoms with Gasteiger partial charge in [0.15, 0.2) is 10.8 Å². The predicted molar refractivity (Wildman–Crippen MR) is 127 cm³/mol. The van der Waals surface area contributed by atoms with Gasteiger partial charge in [-0.25, -0.2) is 9.97 Å². The van der Waals surface area contributed by atoms with E-state index in [-0.39, 0.29) is 11.2 Å². The molecule has 156 valence electrons. The van der Waals surface area contributed by atoms with Crippen LogP contribution in [-0.2, 0) is 11.3 Å². The molecule has 0 radical (unpaired) electrons. The molecule has 0 saturated heterocycles. The third kappa shape index (κ3) is 3.64. The summed E-state index contributed by atoms with van der Waals surface area (Å²) in [7, 11) is 0. The van der Waals surface area contributed by atoms with Crippen molar-refractivity contribution in [1.82, 2.24) is 24.7 Å². The van der Waals surface area contributed by atoms with Gasteiger partial charge in [0, 0.05) is 11.9 Å². The zero-order valence-electron chi connectivity index (χ0n) is 17.1. The van der Waals surface area contributed by atoms with Crippen LogP contribution in [0.4, 0.5) is 5.13 Å². The average molecular weight is 449 g/mol. The Hall–Kier alpha value is -3.04. The third-order valence-corrected chi connectivity index (χ3v) is 7.27. The number of amides is 1. The second kappa shape index (κ2) is 8.24. The quantitative estimate of drug-likeness (QED) is 0.363. The monoisotopic (exact) mass is 448 g/mol. The summed E-state index contributed by atoms with van der Waals surface area (Å²) in [6, 6.07) is 15.9. The van der Waals surface area contributed by atoms with Gasteiger partial charge in [-0.1, -0.05) is 60.4 Å². The van der Waals surface area contributed by atoms with E-state index in [2.05, 4.69) is 38.1 Å². The lowest BCUT2D eigenvalue weighted by atomic mass is 10.2. The molecular weight excluding hydrogens is 428 g/mol. The summed E-state index contributed by atoms with van der Waals surface area (Å²) in [6.45, 7) is 4.84. The maximum atomic E-state index is 12.9. The number of thiazole rings is 1. The molecule has 0 fully saturated rings. The number of hydrogen-bond acceptors (Lipinski definition) is 7. The summed E-state index contributed by atoms with van der Waals surface area (Å²) < 4.78 is 3.18. The average Bonchev–Trinajstić information content (AvgIpc) is 3.34. The summed E-state index contributed by atoms with van der Waals surface area (Å²) in [5, 5.41) is 13.5. The summed E-state index contributed by atoms with van der Waals surface area (Å²) >= 11 is 2.80. The first kappa shape index (κ1) is 19.9. The number of para-hydroxylation sites is 2. The van der Waals surface area contributed by atoms with Crippen molar-refractivity contribution in [3.8, 4) is 0 Å². The number of aryl methyl sites for hydroxylation is 1. The first-order chi connectivity index (χ1) is 15.2. The van der Waals surface area contributed by atoms with Crippen LogP contribution in [-0.4, -0.2) is 35.9 Å². The van der Waals surface area contributed by atoms with Crippen LogP contribution in [0, 0.1) is 0 Å². The van der Waals surface area contributed by atoms with Crippen LogP contribution in [0.25, 0.3) is 32.3 Å². The number of benzene rings is 2. The molecule has 3 aromatic heterocycles. The first-order valence-corrected chi connectivity index (χ1v) is 11.8. The number of anilines is 1. The number of hydrogen-bond donors (Lipinski definition) is 1. The Bertz CT molecular complexity index is 1380. The molecule has 2 aromatic carbocycles. The van der Waals surface area contributed by atoms with Crippen molar-refractivity contribution in [3.05, 3.63) is 48.5 Å². The molecule has 0 aliphatic rings. The highest BCUT2D eigenvalue weighted by molar-refractivity contribution is 8.00. The molecule has 0 saturated carbocycles. The van der Waals surface area contributed by atoms with Crippen molar-refractivity contribution in [1.29, 1.82) is 0 Å². The minimum atomic E-state index is -0.342. The van der Waals surface area contributed by atoms with E-state index in [4.69, 9.17) is 4.98 Å². The molecule has 1 atom stereocenters. The molecular formula is C22H20N6OS2. The Morgan fingerprint density at radius 2 is 1.90 bits per heavy atom.